The maximum absolute atomic E-state index is 11.9. The van der Waals surface area contributed by atoms with Gasteiger partial charge in [-0.2, -0.15) is 5.10 Å². The summed E-state index contributed by atoms with van der Waals surface area (Å²) >= 11 is 0. The average Bonchev–Trinajstić information content (AvgIpc) is 2.66. The molecule has 124 valence electrons. The summed E-state index contributed by atoms with van der Waals surface area (Å²) in [7, 11) is 5.92. The second kappa shape index (κ2) is 10.8. The van der Waals surface area contributed by atoms with Crippen molar-refractivity contribution >= 4 is 36.4 Å². The van der Waals surface area contributed by atoms with Crippen molar-refractivity contribution in [3.05, 3.63) is 11.9 Å². The predicted molar refractivity (Wildman–Crippen MR) is 91.5 cm³/mol. The van der Waals surface area contributed by atoms with Crippen molar-refractivity contribution in [2.45, 2.75) is 32.2 Å². The minimum atomic E-state index is -0.457. The number of hydrogen-bond acceptors (Lipinski definition) is 4. The highest BCUT2D eigenvalue weighted by Crippen LogP contribution is 2.12. The van der Waals surface area contributed by atoms with E-state index < -0.39 is 6.04 Å². The summed E-state index contributed by atoms with van der Waals surface area (Å²) in [5.74, 6) is -0.138. The fourth-order valence-electron chi connectivity index (χ4n) is 1.77. The molecule has 1 rings (SSSR count). The zero-order chi connectivity index (χ0) is 14.4. The predicted octanol–water partition coefficient (Wildman–Crippen LogP) is 1.57. The number of amides is 1. The maximum atomic E-state index is 11.9. The first-order chi connectivity index (χ1) is 8.91. The van der Waals surface area contributed by atoms with Gasteiger partial charge in [-0.3, -0.25) is 9.48 Å². The van der Waals surface area contributed by atoms with Gasteiger partial charge in [-0.25, -0.2) is 0 Å². The van der Waals surface area contributed by atoms with Gasteiger partial charge in [0.25, 0.3) is 0 Å². The Bertz CT molecular complexity index is 423. The molecule has 1 aromatic rings. The zero-order valence-electron chi connectivity index (χ0n) is 13.1. The summed E-state index contributed by atoms with van der Waals surface area (Å²) in [6.07, 6.45) is 4.36. The van der Waals surface area contributed by atoms with Crippen LogP contribution in [0.1, 0.15) is 25.0 Å². The number of nitrogens with two attached hydrogens (primary N) is 1. The normalized spacial score (nSPS) is 11.5. The van der Waals surface area contributed by atoms with Crippen LogP contribution in [0, 0.1) is 6.92 Å². The molecule has 0 aromatic carbocycles. The van der Waals surface area contributed by atoms with Crippen LogP contribution in [0.3, 0.4) is 0 Å². The van der Waals surface area contributed by atoms with Crippen molar-refractivity contribution in [1.29, 1.82) is 0 Å². The maximum Gasteiger partial charge on any atom is 0.241 e. The Balaban J connectivity index is 0. The van der Waals surface area contributed by atoms with E-state index in [9.17, 15) is 4.79 Å². The fourth-order valence-corrected chi connectivity index (χ4v) is 1.77. The summed E-state index contributed by atoms with van der Waals surface area (Å²) in [6.45, 7) is 2.93. The van der Waals surface area contributed by atoms with Crippen LogP contribution in [0.15, 0.2) is 6.20 Å². The molecular formula is C13H27Cl2N5O. The standard InChI is InChI=1S/C13H25N5O.2ClH/c1-10-12(9-15-18(10)4)16-13(19)11(14)7-5-6-8-17(2)3;;/h9,11H,5-8,14H2,1-4H3,(H,16,19);2*1H/t11-;;/m0../s1. The van der Waals surface area contributed by atoms with E-state index in [-0.39, 0.29) is 30.7 Å². The number of aromatic nitrogens is 2. The van der Waals surface area contributed by atoms with Gasteiger partial charge in [0.15, 0.2) is 0 Å². The molecule has 21 heavy (non-hydrogen) atoms. The lowest BCUT2D eigenvalue weighted by Crippen LogP contribution is -2.35. The first-order valence-electron chi connectivity index (χ1n) is 6.61. The third-order valence-corrected chi connectivity index (χ3v) is 3.20. The molecule has 0 aliphatic carbocycles. The molecule has 1 aromatic heterocycles. The van der Waals surface area contributed by atoms with Gasteiger partial charge in [-0.05, 0) is 40.4 Å². The molecule has 0 fully saturated rings. The highest BCUT2D eigenvalue weighted by atomic mass is 35.5. The monoisotopic (exact) mass is 339 g/mol. The van der Waals surface area contributed by atoms with E-state index in [1.807, 2.05) is 28.1 Å². The van der Waals surface area contributed by atoms with Crippen molar-refractivity contribution < 1.29 is 4.79 Å². The molecule has 0 aliphatic heterocycles. The largest absolute Gasteiger partial charge is 0.322 e. The van der Waals surface area contributed by atoms with E-state index >= 15 is 0 Å². The molecule has 0 saturated heterocycles. The number of carbonyl (C=O) groups excluding carboxylic acids is 1. The highest BCUT2D eigenvalue weighted by Gasteiger charge is 2.15. The molecule has 0 spiro atoms. The van der Waals surface area contributed by atoms with E-state index in [1.165, 1.54) is 0 Å². The Kier molecular flexibility index (Phi) is 11.6. The Hall–Kier alpha value is -0.820. The van der Waals surface area contributed by atoms with Crippen molar-refractivity contribution in [3.8, 4) is 0 Å². The van der Waals surface area contributed by atoms with Crippen LogP contribution in [0.2, 0.25) is 0 Å². The number of halogens is 2. The number of anilines is 1. The number of hydrogen-bond donors (Lipinski definition) is 2. The summed E-state index contributed by atoms with van der Waals surface area (Å²) in [5, 5.41) is 6.90. The minimum absolute atomic E-state index is 0. The number of aryl methyl sites for hydroxylation is 1. The molecule has 8 heteroatoms. The first kappa shape index (κ1) is 22.5. The fraction of sp³-hybridized carbons (Fsp3) is 0.692. The average molecular weight is 340 g/mol. The van der Waals surface area contributed by atoms with Crippen molar-refractivity contribution in [3.63, 3.8) is 0 Å². The smallest absolute Gasteiger partial charge is 0.241 e. The van der Waals surface area contributed by atoms with E-state index in [4.69, 9.17) is 5.73 Å². The van der Waals surface area contributed by atoms with Crippen LogP contribution in [0.4, 0.5) is 5.69 Å². The molecule has 1 heterocycles. The molecule has 0 aliphatic rings. The first-order valence-corrected chi connectivity index (χ1v) is 6.61. The van der Waals surface area contributed by atoms with Crippen LogP contribution >= 0.6 is 24.8 Å². The number of rotatable bonds is 7. The molecule has 1 amide bonds. The number of nitrogens with one attached hydrogen (secondary N) is 1. The van der Waals surface area contributed by atoms with Gasteiger partial charge in [-0.15, -0.1) is 24.8 Å². The van der Waals surface area contributed by atoms with E-state index in [1.54, 1.807) is 10.9 Å². The van der Waals surface area contributed by atoms with Gasteiger partial charge in [0, 0.05) is 7.05 Å². The number of carbonyl (C=O) groups is 1. The second-order valence-corrected chi connectivity index (χ2v) is 5.16. The lowest BCUT2D eigenvalue weighted by Gasteiger charge is -2.13. The van der Waals surface area contributed by atoms with Gasteiger partial charge in [0.2, 0.25) is 5.91 Å². The van der Waals surface area contributed by atoms with Crippen molar-refractivity contribution in [1.82, 2.24) is 14.7 Å². The number of nitrogens with zero attached hydrogens (tertiary/aromatic N) is 3. The summed E-state index contributed by atoms with van der Waals surface area (Å²) in [6, 6.07) is -0.457. The number of unbranched alkanes of at least 4 members (excludes halogenated alkanes) is 1. The van der Waals surface area contributed by atoms with Crippen LogP contribution in [-0.4, -0.2) is 47.3 Å². The zero-order valence-corrected chi connectivity index (χ0v) is 14.8. The third-order valence-electron chi connectivity index (χ3n) is 3.20. The van der Waals surface area contributed by atoms with Crippen molar-refractivity contribution in [2.24, 2.45) is 12.8 Å². The van der Waals surface area contributed by atoms with Crippen LogP contribution in [0.5, 0.6) is 0 Å². The summed E-state index contributed by atoms with van der Waals surface area (Å²) < 4.78 is 1.72. The lowest BCUT2D eigenvalue weighted by atomic mass is 10.1. The Morgan fingerprint density at radius 3 is 2.52 bits per heavy atom. The van der Waals surface area contributed by atoms with Gasteiger partial charge >= 0.3 is 0 Å². The third kappa shape index (κ3) is 7.66. The Labute approximate surface area is 139 Å². The molecular weight excluding hydrogens is 313 g/mol. The topological polar surface area (TPSA) is 76.2 Å². The summed E-state index contributed by atoms with van der Waals surface area (Å²) in [4.78, 5) is 14.0. The van der Waals surface area contributed by atoms with E-state index in [0.717, 1.165) is 30.8 Å². The minimum Gasteiger partial charge on any atom is -0.322 e. The van der Waals surface area contributed by atoms with E-state index in [2.05, 4.69) is 15.3 Å². The highest BCUT2D eigenvalue weighted by molar-refractivity contribution is 5.94. The molecule has 0 radical (unpaired) electrons. The van der Waals surface area contributed by atoms with Gasteiger partial charge < -0.3 is 16.0 Å². The van der Waals surface area contributed by atoms with Crippen LogP contribution < -0.4 is 11.1 Å². The Morgan fingerprint density at radius 1 is 1.43 bits per heavy atom. The second-order valence-electron chi connectivity index (χ2n) is 5.16. The molecule has 0 unspecified atom stereocenters. The molecule has 3 N–H and O–H groups in total. The van der Waals surface area contributed by atoms with Crippen molar-refractivity contribution in [2.75, 3.05) is 26.0 Å². The SMILES string of the molecule is Cc1c(NC(=O)[C@@H](N)CCCCN(C)C)cnn1C.Cl.Cl. The van der Waals surface area contributed by atoms with Gasteiger partial charge in [0.05, 0.1) is 23.6 Å². The molecule has 1 atom stereocenters. The van der Waals surface area contributed by atoms with Gasteiger partial charge in [0.1, 0.15) is 0 Å². The van der Waals surface area contributed by atoms with Gasteiger partial charge in [-0.1, -0.05) is 6.42 Å². The molecule has 0 saturated carbocycles. The van der Waals surface area contributed by atoms with E-state index in [0.29, 0.717) is 6.42 Å². The van der Waals surface area contributed by atoms with Crippen LogP contribution in [0.25, 0.3) is 0 Å². The molecule has 0 bridgehead atoms. The quantitative estimate of drug-likeness (QED) is 0.739. The Morgan fingerprint density at radius 2 is 2.05 bits per heavy atom. The lowest BCUT2D eigenvalue weighted by molar-refractivity contribution is -0.117. The summed E-state index contributed by atoms with van der Waals surface area (Å²) in [5.41, 5.74) is 7.54. The molecule has 6 nitrogen and oxygen atoms in total. The van der Waals surface area contributed by atoms with Crippen LogP contribution in [-0.2, 0) is 11.8 Å².